The topological polar surface area (TPSA) is 51.2 Å². The molecular formula is C14H24N2O2S. The van der Waals surface area contributed by atoms with Crippen molar-refractivity contribution in [3.05, 3.63) is 10.6 Å². The predicted octanol–water partition coefficient (Wildman–Crippen LogP) is 4.01. The number of methoxy groups -OCH3 is 1. The fraction of sp³-hybridized carbons (Fsp3) is 0.714. The first-order valence-electron chi connectivity index (χ1n) is 6.94. The number of anilines is 1. The molecular weight excluding hydrogens is 260 g/mol. The smallest absolute Gasteiger partial charge is 0.350 e. The molecule has 0 radical (unpaired) electrons. The number of hydrogen-bond donors (Lipinski definition) is 1. The molecule has 0 aliphatic rings. The van der Waals surface area contributed by atoms with Crippen LogP contribution in [0.1, 0.15) is 61.3 Å². The van der Waals surface area contributed by atoms with Crippen molar-refractivity contribution >= 4 is 22.4 Å². The number of thiazole rings is 1. The van der Waals surface area contributed by atoms with Gasteiger partial charge in [-0.15, -0.1) is 0 Å². The van der Waals surface area contributed by atoms with Crippen LogP contribution in [-0.2, 0) is 4.74 Å². The Bertz CT molecular complexity index is 404. The molecule has 0 aliphatic carbocycles. The lowest BCUT2D eigenvalue weighted by Gasteiger charge is -2.16. The summed E-state index contributed by atoms with van der Waals surface area (Å²) >= 11 is 1.38. The average molecular weight is 284 g/mol. The van der Waals surface area contributed by atoms with Gasteiger partial charge in [-0.1, -0.05) is 44.4 Å². The zero-order chi connectivity index (χ0) is 14.3. The third kappa shape index (κ3) is 4.82. The van der Waals surface area contributed by atoms with Gasteiger partial charge in [0.1, 0.15) is 4.88 Å². The van der Waals surface area contributed by atoms with E-state index in [-0.39, 0.29) is 5.97 Å². The van der Waals surface area contributed by atoms with Crippen molar-refractivity contribution < 1.29 is 9.53 Å². The minimum absolute atomic E-state index is 0.302. The van der Waals surface area contributed by atoms with Crippen LogP contribution in [0.5, 0.6) is 0 Å². The lowest BCUT2D eigenvalue weighted by molar-refractivity contribution is 0.0605. The first-order valence-corrected chi connectivity index (χ1v) is 7.76. The van der Waals surface area contributed by atoms with Gasteiger partial charge in [-0.25, -0.2) is 9.78 Å². The number of carbonyl (C=O) groups excluding carboxylic acids is 1. The molecule has 1 aromatic heterocycles. The number of esters is 1. The molecule has 1 N–H and O–H groups in total. The van der Waals surface area contributed by atoms with Crippen LogP contribution >= 0.6 is 11.3 Å². The number of hydrogen-bond acceptors (Lipinski definition) is 5. The van der Waals surface area contributed by atoms with Gasteiger partial charge >= 0.3 is 5.97 Å². The zero-order valence-electron chi connectivity index (χ0n) is 12.3. The van der Waals surface area contributed by atoms with Gasteiger partial charge in [0.2, 0.25) is 0 Å². The molecule has 0 fully saturated rings. The van der Waals surface area contributed by atoms with Crippen molar-refractivity contribution in [1.29, 1.82) is 0 Å². The Labute approximate surface area is 119 Å². The van der Waals surface area contributed by atoms with Crippen LogP contribution in [0, 0.1) is 6.92 Å². The summed E-state index contributed by atoms with van der Waals surface area (Å²) in [4.78, 5) is 16.6. The van der Waals surface area contributed by atoms with Gasteiger partial charge in [0.15, 0.2) is 5.13 Å². The molecule has 1 aromatic rings. The van der Waals surface area contributed by atoms with E-state index in [9.17, 15) is 4.79 Å². The Kier molecular flexibility index (Phi) is 6.84. The molecule has 1 heterocycles. The van der Waals surface area contributed by atoms with Gasteiger partial charge in [-0.05, 0) is 19.8 Å². The first-order chi connectivity index (χ1) is 9.12. The number of aromatic nitrogens is 1. The molecule has 0 amide bonds. The highest BCUT2D eigenvalue weighted by Crippen LogP contribution is 2.25. The van der Waals surface area contributed by atoms with E-state index in [1.165, 1.54) is 31.3 Å². The lowest BCUT2D eigenvalue weighted by Crippen LogP contribution is -2.18. The minimum Gasteiger partial charge on any atom is -0.465 e. The van der Waals surface area contributed by atoms with Gasteiger partial charge < -0.3 is 10.1 Å². The van der Waals surface area contributed by atoms with Gasteiger partial charge in [0, 0.05) is 6.04 Å². The predicted molar refractivity (Wildman–Crippen MR) is 80.0 cm³/mol. The summed E-state index contributed by atoms with van der Waals surface area (Å²) in [6.45, 7) is 6.23. The normalized spacial score (nSPS) is 12.2. The van der Waals surface area contributed by atoms with Crippen LogP contribution in [0.25, 0.3) is 0 Å². The molecule has 0 aliphatic heterocycles. The molecule has 0 saturated heterocycles. The Morgan fingerprint density at radius 3 is 2.68 bits per heavy atom. The van der Waals surface area contributed by atoms with E-state index < -0.39 is 0 Å². The Hall–Kier alpha value is -1.10. The van der Waals surface area contributed by atoms with Crippen LogP contribution in [-0.4, -0.2) is 24.1 Å². The second kappa shape index (κ2) is 8.15. The Morgan fingerprint density at radius 2 is 2.11 bits per heavy atom. The van der Waals surface area contributed by atoms with E-state index in [1.807, 2.05) is 6.92 Å². The molecule has 0 bridgehead atoms. The second-order valence-corrected chi connectivity index (χ2v) is 5.70. The fourth-order valence-corrected chi connectivity index (χ4v) is 2.96. The SMILES string of the molecule is CCCCC(CCC)Nc1nc(C)c(C(=O)OC)s1. The maximum Gasteiger partial charge on any atom is 0.350 e. The molecule has 1 atom stereocenters. The lowest BCUT2D eigenvalue weighted by atomic mass is 10.1. The van der Waals surface area contributed by atoms with E-state index in [4.69, 9.17) is 4.74 Å². The summed E-state index contributed by atoms with van der Waals surface area (Å²) in [7, 11) is 1.40. The van der Waals surface area contributed by atoms with Crippen molar-refractivity contribution in [3.63, 3.8) is 0 Å². The van der Waals surface area contributed by atoms with E-state index in [0.717, 1.165) is 30.1 Å². The highest BCUT2D eigenvalue weighted by atomic mass is 32.1. The first kappa shape index (κ1) is 16.0. The maximum atomic E-state index is 11.6. The van der Waals surface area contributed by atoms with E-state index in [2.05, 4.69) is 24.1 Å². The molecule has 5 heteroatoms. The summed E-state index contributed by atoms with van der Waals surface area (Å²) in [5, 5.41) is 4.28. The third-order valence-electron chi connectivity index (χ3n) is 3.04. The largest absolute Gasteiger partial charge is 0.465 e. The maximum absolute atomic E-state index is 11.6. The van der Waals surface area contributed by atoms with Gasteiger partial charge in [-0.2, -0.15) is 0 Å². The third-order valence-corrected chi connectivity index (χ3v) is 4.11. The molecule has 1 rings (SSSR count). The van der Waals surface area contributed by atoms with Gasteiger partial charge in [0.05, 0.1) is 12.8 Å². The molecule has 4 nitrogen and oxygen atoms in total. The molecule has 108 valence electrons. The number of unbranched alkanes of at least 4 members (excludes halogenated alkanes) is 1. The number of ether oxygens (including phenoxy) is 1. The minimum atomic E-state index is -0.302. The molecule has 0 spiro atoms. The number of carbonyl (C=O) groups is 1. The number of rotatable bonds is 8. The van der Waals surface area contributed by atoms with Crippen LogP contribution in [0.15, 0.2) is 0 Å². The van der Waals surface area contributed by atoms with Crippen molar-refractivity contribution in [2.24, 2.45) is 0 Å². The standard InChI is InChI=1S/C14H24N2O2S/c1-5-7-9-11(8-6-2)16-14-15-10(3)12(19-14)13(17)18-4/h11H,5-9H2,1-4H3,(H,15,16). The van der Waals surface area contributed by atoms with E-state index in [0.29, 0.717) is 10.9 Å². The van der Waals surface area contributed by atoms with E-state index in [1.54, 1.807) is 0 Å². The van der Waals surface area contributed by atoms with Crippen molar-refractivity contribution in [3.8, 4) is 0 Å². The summed E-state index contributed by atoms with van der Waals surface area (Å²) in [5.74, 6) is -0.302. The highest BCUT2D eigenvalue weighted by molar-refractivity contribution is 7.17. The molecule has 0 aromatic carbocycles. The van der Waals surface area contributed by atoms with Crippen LogP contribution in [0.3, 0.4) is 0 Å². The highest BCUT2D eigenvalue weighted by Gasteiger charge is 2.17. The van der Waals surface area contributed by atoms with Crippen LogP contribution in [0.2, 0.25) is 0 Å². The second-order valence-electron chi connectivity index (χ2n) is 4.70. The summed E-state index contributed by atoms with van der Waals surface area (Å²) in [6.07, 6.45) is 5.84. The monoisotopic (exact) mass is 284 g/mol. The molecule has 19 heavy (non-hydrogen) atoms. The summed E-state index contributed by atoms with van der Waals surface area (Å²) in [5.41, 5.74) is 0.741. The van der Waals surface area contributed by atoms with E-state index >= 15 is 0 Å². The number of nitrogens with zero attached hydrogens (tertiary/aromatic N) is 1. The summed E-state index contributed by atoms with van der Waals surface area (Å²) < 4.78 is 4.75. The Balaban J connectivity index is 2.70. The number of nitrogens with one attached hydrogen (secondary N) is 1. The van der Waals surface area contributed by atoms with Gasteiger partial charge in [-0.3, -0.25) is 0 Å². The Morgan fingerprint density at radius 1 is 1.37 bits per heavy atom. The van der Waals surface area contributed by atoms with Gasteiger partial charge in [0.25, 0.3) is 0 Å². The van der Waals surface area contributed by atoms with Crippen molar-refractivity contribution in [2.75, 3.05) is 12.4 Å². The van der Waals surface area contributed by atoms with Crippen LogP contribution < -0.4 is 5.32 Å². The number of aryl methyl sites for hydroxylation is 1. The average Bonchev–Trinajstić information content (AvgIpc) is 2.76. The van der Waals surface area contributed by atoms with Crippen molar-refractivity contribution in [2.45, 2.75) is 58.9 Å². The van der Waals surface area contributed by atoms with Crippen molar-refractivity contribution in [1.82, 2.24) is 4.98 Å². The molecule has 0 saturated carbocycles. The quantitative estimate of drug-likeness (QED) is 0.733. The zero-order valence-corrected chi connectivity index (χ0v) is 13.1. The summed E-state index contributed by atoms with van der Waals surface area (Å²) in [6, 6.07) is 0.445. The molecule has 1 unspecified atom stereocenters. The fourth-order valence-electron chi connectivity index (χ4n) is 2.00. The van der Waals surface area contributed by atoms with Crippen LogP contribution in [0.4, 0.5) is 5.13 Å².